The minimum atomic E-state index is 0.0727. The molecule has 0 aliphatic heterocycles. The quantitative estimate of drug-likeness (QED) is 0.744. The lowest BCUT2D eigenvalue weighted by atomic mass is 10.1. The fraction of sp³-hybridized carbons (Fsp3) is 0.300. The van der Waals surface area contributed by atoms with Crippen LogP contribution in [0, 0.1) is 0 Å². The van der Waals surface area contributed by atoms with Crippen molar-refractivity contribution in [3.63, 3.8) is 0 Å². The standard InChI is InChI=1S/C20H23N3O/c1-3-9-20(24)21-14-19-22-17-12-7-8-13-18(17)23(19)15(2)16-10-5-4-6-11-16/h4-8,10-13,15H,3,9,14H2,1-2H3,(H,21,24)/t15-/m1/s1. The van der Waals surface area contributed by atoms with Crippen LogP contribution in [-0.4, -0.2) is 15.5 Å². The average Bonchev–Trinajstić information content (AvgIpc) is 2.99. The molecule has 124 valence electrons. The summed E-state index contributed by atoms with van der Waals surface area (Å²) in [5.74, 6) is 0.959. The van der Waals surface area contributed by atoms with Crippen molar-refractivity contribution >= 4 is 16.9 Å². The van der Waals surface area contributed by atoms with Gasteiger partial charge in [0.1, 0.15) is 5.82 Å². The van der Waals surface area contributed by atoms with E-state index in [0.717, 1.165) is 23.3 Å². The van der Waals surface area contributed by atoms with Gasteiger partial charge in [0, 0.05) is 6.42 Å². The van der Waals surface area contributed by atoms with E-state index in [-0.39, 0.29) is 11.9 Å². The van der Waals surface area contributed by atoms with Crippen LogP contribution >= 0.6 is 0 Å². The Kier molecular flexibility index (Phi) is 4.94. The smallest absolute Gasteiger partial charge is 0.220 e. The van der Waals surface area contributed by atoms with Crippen molar-refractivity contribution in [2.75, 3.05) is 0 Å². The maximum atomic E-state index is 11.8. The SMILES string of the molecule is CCCC(=O)NCc1nc2ccccc2n1[C@H](C)c1ccccc1. The van der Waals surface area contributed by atoms with E-state index >= 15 is 0 Å². The average molecular weight is 321 g/mol. The van der Waals surface area contributed by atoms with Crippen molar-refractivity contribution in [2.24, 2.45) is 0 Å². The minimum Gasteiger partial charge on any atom is -0.349 e. The van der Waals surface area contributed by atoms with Gasteiger partial charge in [0.15, 0.2) is 0 Å². The fourth-order valence-corrected chi connectivity index (χ4v) is 3.02. The molecule has 1 N–H and O–H groups in total. The van der Waals surface area contributed by atoms with Gasteiger partial charge in [-0.05, 0) is 31.0 Å². The number of carbonyl (C=O) groups is 1. The lowest BCUT2D eigenvalue weighted by molar-refractivity contribution is -0.121. The lowest BCUT2D eigenvalue weighted by Gasteiger charge is -2.18. The van der Waals surface area contributed by atoms with Crippen LogP contribution < -0.4 is 5.32 Å². The third kappa shape index (κ3) is 3.32. The molecule has 0 unspecified atom stereocenters. The Morgan fingerprint density at radius 3 is 2.58 bits per heavy atom. The van der Waals surface area contributed by atoms with Crippen molar-refractivity contribution in [3.05, 3.63) is 66.0 Å². The van der Waals surface area contributed by atoms with E-state index in [0.29, 0.717) is 13.0 Å². The van der Waals surface area contributed by atoms with Crippen molar-refractivity contribution in [1.29, 1.82) is 0 Å². The summed E-state index contributed by atoms with van der Waals surface area (Å²) in [5.41, 5.74) is 3.27. The second-order valence-electron chi connectivity index (χ2n) is 6.00. The van der Waals surface area contributed by atoms with E-state index in [4.69, 9.17) is 4.98 Å². The Hall–Kier alpha value is -2.62. The first-order valence-electron chi connectivity index (χ1n) is 8.48. The Morgan fingerprint density at radius 1 is 1.12 bits per heavy atom. The topological polar surface area (TPSA) is 46.9 Å². The van der Waals surface area contributed by atoms with Gasteiger partial charge >= 0.3 is 0 Å². The molecule has 2 aromatic carbocycles. The first kappa shape index (κ1) is 16.2. The zero-order valence-corrected chi connectivity index (χ0v) is 14.2. The Balaban J connectivity index is 1.97. The van der Waals surface area contributed by atoms with E-state index in [1.807, 2.05) is 43.3 Å². The van der Waals surface area contributed by atoms with Gasteiger partial charge in [-0.25, -0.2) is 4.98 Å². The zero-order chi connectivity index (χ0) is 16.9. The van der Waals surface area contributed by atoms with E-state index in [9.17, 15) is 4.79 Å². The Labute approximate surface area is 142 Å². The Morgan fingerprint density at radius 2 is 1.83 bits per heavy atom. The molecular weight excluding hydrogens is 298 g/mol. The predicted molar refractivity (Wildman–Crippen MR) is 96.7 cm³/mol. The van der Waals surface area contributed by atoms with Crippen molar-refractivity contribution < 1.29 is 4.79 Å². The molecule has 1 amide bonds. The molecule has 1 heterocycles. The number of para-hydroxylation sites is 2. The minimum absolute atomic E-state index is 0.0727. The molecule has 3 aromatic rings. The number of rotatable bonds is 6. The van der Waals surface area contributed by atoms with E-state index in [2.05, 4.69) is 35.0 Å². The molecule has 4 nitrogen and oxygen atoms in total. The van der Waals surface area contributed by atoms with Gasteiger partial charge in [0.25, 0.3) is 0 Å². The predicted octanol–water partition coefficient (Wildman–Crippen LogP) is 4.06. The summed E-state index contributed by atoms with van der Waals surface area (Å²) in [6, 6.07) is 18.6. The van der Waals surface area contributed by atoms with Crippen LogP contribution in [0.2, 0.25) is 0 Å². The summed E-state index contributed by atoms with van der Waals surface area (Å²) >= 11 is 0. The highest BCUT2D eigenvalue weighted by Gasteiger charge is 2.17. The number of aromatic nitrogens is 2. The van der Waals surface area contributed by atoms with Gasteiger partial charge in [0.2, 0.25) is 5.91 Å². The first-order valence-corrected chi connectivity index (χ1v) is 8.48. The summed E-state index contributed by atoms with van der Waals surface area (Å²) < 4.78 is 2.22. The molecule has 0 saturated heterocycles. The van der Waals surface area contributed by atoms with Crippen LogP contribution in [0.4, 0.5) is 0 Å². The van der Waals surface area contributed by atoms with Crippen molar-refractivity contribution in [2.45, 2.75) is 39.3 Å². The molecule has 0 bridgehead atoms. The van der Waals surface area contributed by atoms with Crippen LogP contribution in [0.15, 0.2) is 54.6 Å². The molecule has 0 fully saturated rings. The number of amides is 1. The number of carbonyl (C=O) groups excluding carboxylic acids is 1. The van der Waals surface area contributed by atoms with Gasteiger partial charge in [0.05, 0.1) is 23.6 Å². The number of nitrogens with zero attached hydrogens (tertiary/aromatic N) is 2. The molecule has 0 aliphatic rings. The largest absolute Gasteiger partial charge is 0.349 e. The maximum Gasteiger partial charge on any atom is 0.220 e. The van der Waals surface area contributed by atoms with E-state index in [1.165, 1.54) is 5.56 Å². The molecule has 0 spiro atoms. The van der Waals surface area contributed by atoms with E-state index in [1.54, 1.807) is 0 Å². The first-order chi connectivity index (χ1) is 11.7. The van der Waals surface area contributed by atoms with Crippen molar-refractivity contribution in [3.8, 4) is 0 Å². The molecule has 1 aromatic heterocycles. The molecule has 0 saturated carbocycles. The number of imidazole rings is 1. The second-order valence-corrected chi connectivity index (χ2v) is 6.00. The highest BCUT2D eigenvalue weighted by molar-refractivity contribution is 5.77. The highest BCUT2D eigenvalue weighted by atomic mass is 16.1. The monoisotopic (exact) mass is 321 g/mol. The summed E-state index contributed by atoms with van der Waals surface area (Å²) in [4.78, 5) is 16.6. The van der Waals surface area contributed by atoms with Gasteiger partial charge in [-0.1, -0.05) is 49.4 Å². The number of hydrogen-bond acceptors (Lipinski definition) is 2. The van der Waals surface area contributed by atoms with Crippen LogP contribution in [0.3, 0.4) is 0 Å². The van der Waals surface area contributed by atoms with Gasteiger partial charge < -0.3 is 9.88 Å². The Bertz CT molecular complexity index is 823. The van der Waals surface area contributed by atoms with E-state index < -0.39 is 0 Å². The number of fused-ring (bicyclic) bond motifs is 1. The number of nitrogens with one attached hydrogen (secondary N) is 1. The van der Waals surface area contributed by atoms with Crippen LogP contribution in [0.5, 0.6) is 0 Å². The molecule has 0 aliphatic carbocycles. The molecular formula is C20H23N3O. The second kappa shape index (κ2) is 7.30. The van der Waals surface area contributed by atoms with Crippen LogP contribution in [0.1, 0.15) is 44.1 Å². The maximum absolute atomic E-state index is 11.8. The number of benzene rings is 2. The zero-order valence-electron chi connectivity index (χ0n) is 14.2. The summed E-state index contributed by atoms with van der Waals surface area (Å²) in [6.45, 7) is 4.62. The summed E-state index contributed by atoms with van der Waals surface area (Å²) in [5, 5.41) is 2.99. The van der Waals surface area contributed by atoms with Crippen LogP contribution in [-0.2, 0) is 11.3 Å². The molecule has 3 rings (SSSR count). The molecule has 4 heteroatoms. The third-order valence-corrected chi connectivity index (χ3v) is 4.26. The van der Waals surface area contributed by atoms with Gasteiger partial charge in [-0.3, -0.25) is 4.79 Å². The van der Waals surface area contributed by atoms with Crippen LogP contribution in [0.25, 0.3) is 11.0 Å². The van der Waals surface area contributed by atoms with Gasteiger partial charge in [-0.15, -0.1) is 0 Å². The fourth-order valence-electron chi connectivity index (χ4n) is 3.02. The lowest BCUT2D eigenvalue weighted by Crippen LogP contribution is -2.25. The summed E-state index contributed by atoms with van der Waals surface area (Å²) in [6.07, 6.45) is 1.40. The number of hydrogen-bond donors (Lipinski definition) is 1. The van der Waals surface area contributed by atoms with Gasteiger partial charge in [-0.2, -0.15) is 0 Å². The molecule has 24 heavy (non-hydrogen) atoms. The molecule has 0 radical (unpaired) electrons. The highest BCUT2D eigenvalue weighted by Crippen LogP contribution is 2.25. The molecule has 1 atom stereocenters. The van der Waals surface area contributed by atoms with Crippen molar-refractivity contribution in [1.82, 2.24) is 14.9 Å². The summed E-state index contributed by atoms with van der Waals surface area (Å²) in [7, 11) is 0. The normalized spacial score (nSPS) is 12.2. The third-order valence-electron chi connectivity index (χ3n) is 4.26.